The Hall–Kier alpha value is -4.66. The van der Waals surface area contributed by atoms with Gasteiger partial charge in [-0.15, -0.1) is 0 Å². The summed E-state index contributed by atoms with van der Waals surface area (Å²) in [5, 5.41) is 19.3. The summed E-state index contributed by atoms with van der Waals surface area (Å²) in [4.78, 5) is 72.3. The van der Waals surface area contributed by atoms with Gasteiger partial charge in [0.25, 0.3) is 0 Å². The number of nitrogens with one attached hydrogen (secondary N) is 3. The van der Waals surface area contributed by atoms with Crippen LogP contribution in [0.3, 0.4) is 0 Å². The van der Waals surface area contributed by atoms with E-state index in [9.17, 15) is 29.1 Å². The molecule has 5 amide bonds. The maximum atomic E-state index is 13.4. The number of urea groups is 1. The van der Waals surface area contributed by atoms with Crippen molar-refractivity contribution in [2.24, 2.45) is 0 Å². The molecule has 15 heteroatoms. The standard InChI is InChI=1S/C38H56N8O7/c1-36(2,3)46(35(51)52)38(7,8)31(47)43-17-19-44(20-18-43)32(48)41-30-15-16-45(33(49)42-30)29-14-10-24-21-26(11-9-25(24)22-29)39-27-12-13-28(23-27)40-34(50)53-37(4,5)6/h10,14-16,22,26-28,39H,9,11-13,17-21,23H2,1-8H3,(H,40,50)(H,51,52)(H,41,42,48,49)/t26?,27-,28-/m0/s1. The van der Waals surface area contributed by atoms with Crippen LogP contribution in [0.2, 0.25) is 0 Å². The molecule has 2 fully saturated rings. The molecule has 1 aromatic heterocycles. The Morgan fingerprint density at radius 2 is 1.53 bits per heavy atom. The van der Waals surface area contributed by atoms with E-state index in [-0.39, 0.29) is 50.0 Å². The summed E-state index contributed by atoms with van der Waals surface area (Å²) >= 11 is 0. The minimum absolute atomic E-state index is 0.103. The fraction of sp³-hybridized carbons (Fsp3) is 0.632. The second kappa shape index (κ2) is 15.4. The zero-order valence-corrected chi connectivity index (χ0v) is 32.3. The molecule has 290 valence electrons. The predicted octanol–water partition coefficient (Wildman–Crippen LogP) is 4.36. The van der Waals surface area contributed by atoms with Gasteiger partial charge in [-0.3, -0.25) is 19.6 Å². The van der Waals surface area contributed by atoms with E-state index in [4.69, 9.17) is 4.74 Å². The van der Waals surface area contributed by atoms with E-state index in [1.165, 1.54) is 15.7 Å². The quantitative estimate of drug-likeness (QED) is 0.322. The fourth-order valence-corrected chi connectivity index (χ4v) is 7.92. The monoisotopic (exact) mass is 736 g/mol. The van der Waals surface area contributed by atoms with Gasteiger partial charge in [-0.1, -0.05) is 6.07 Å². The molecule has 4 N–H and O–H groups in total. The van der Waals surface area contributed by atoms with Crippen LogP contribution in [0.1, 0.15) is 92.2 Å². The molecule has 53 heavy (non-hydrogen) atoms. The number of nitrogens with zero attached hydrogens (tertiary/aromatic N) is 5. The van der Waals surface area contributed by atoms with Crippen LogP contribution in [0.4, 0.5) is 20.2 Å². The number of piperazine rings is 1. The number of fused-ring (bicyclic) bond motifs is 1. The van der Waals surface area contributed by atoms with E-state index >= 15 is 0 Å². The topological polar surface area (TPSA) is 178 Å². The number of alkyl carbamates (subject to hydrolysis) is 1. The maximum Gasteiger partial charge on any atom is 0.408 e. The summed E-state index contributed by atoms with van der Waals surface area (Å²) in [6.45, 7) is 15.0. The minimum Gasteiger partial charge on any atom is -0.465 e. The number of amides is 5. The first-order valence-electron chi connectivity index (χ1n) is 18.6. The van der Waals surface area contributed by atoms with Gasteiger partial charge in [0.2, 0.25) is 5.91 Å². The van der Waals surface area contributed by atoms with Crippen LogP contribution >= 0.6 is 0 Å². The number of carboxylic acid groups (broad SMARTS) is 1. The number of hydrogen-bond acceptors (Lipinski definition) is 8. The van der Waals surface area contributed by atoms with E-state index in [1.807, 2.05) is 32.9 Å². The van der Waals surface area contributed by atoms with Crippen molar-refractivity contribution in [2.45, 2.75) is 129 Å². The molecule has 0 spiro atoms. The molecule has 2 aliphatic carbocycles. The van der Waals surface area contributed by atoms with Crippen LogP contribution in [-0.2, 0) is 22.4 Å². The minimum atomic E-state index is -1.30. The van der Waals surface area contributed by atoms with Crippen LogP contribution in [0, 0.1) is 0 Å². The highest BCUT2D eigenvalue weighted by Crippen LogP contribution is 2.29. The SMILES string of the molecule is CC(C)(C)OC(=O)N[C@H]1CC[C@H](NC2CCc3cc(-n4ccc(NC(=O)N5CCN(C(=O)C(C)(C)N(C(=O)O)C(C)(C)C)CC5)nc4=O)ccc3C2)C1. The molecule has 3 aliphatic rings. The van der Waals surface area contributed by atoms with Crippen LogP contribution in [-0.4, -0.2) is 114 Å². The molecule has 0 bridgehead atoms. The highest BCUT2D eigenvalue weighted by molar-refractivity contribution is 5.90. The number of anilines is 1. The second-order valence-corrected chi connectivity index (χ2v) is 16.9. The molecular weight excluding hydrogens is 680 g/mol. The zero-order chi connectivity index (χ0) is 38.9. The predicted molar refractivity (Wildman–Crippen MR) is 200 cm³/mol. The van der Waals surface area contributed by atoms with E-state index in [1.54, 1.807) is 56.7 Å². The first-order valence-corrected chi connectivity index (χ1v) is 18.6. The molecule has 1 saturated carbocycles. The largest absolute Gasteiger partial charge is 0.465 e. The molecule has 1 saturated heterocycles. The van der Waals surface area contributed by atoms with Gasteiger partial charge < -0.3 is 30.3 Å². The van der Waals surface area contributed by atoms with Crippen molar-refractivity contribution in [1.82, 2.24) is 34.9 Å². The first kappa shape index (κ1) is 39.5. The number of aromatic nitrogens is 2. The highest BCUT2D eigenvalue weighted by atomic mass is 16.6. The molecule has 1 aliphatic heterocycles. The van der Waals surface area contributed by atoms with Gasteiger partial charge >= 0.3 is 23.9 Å². The average Bonchev–Trinajstić information content (AvgIpc) is 3.48. The summed E-state index contributed by atoms with van der Waals surface area (Å²) in [6, 6.07) is 7.92. The number of carbonyl (C=O) groups is 4. The third-order valence-corrected chi connectivity index (χ3v) is 10.2. The number of rotatable bonds is 7. The Morgan fingerprint density at radius 1 is 0.868 bits per heavy atom. The van der Waals surface area contributed by atoms with Crippen molar-refractivity contribution < 1.29 is 29.0 Å². The van der Waals surface area contributed by atoms with Crippen LogP contribution in [0.15, 0.2) is 35.3 Å². The lowest BCUT2D eigenvalue weighted by Gasteiger charge is -2.47. The van der Waals surface area contributed by atoms with Gasteiger partial charge in [0.05, 0.1) is 5.69 Å². The Kier molecular flexibility index (Phi) is 11.5. The van der Waals surface area contributed by atoms with E-state index in [0.29, 0.717) is 17.8 Å². The lowest BCUT2D eigenvalue weighted by Crippen LogP contribution is -2.65. The van der Waals surface area contributed by atoms with Crippen molar-refractivity contribution in [3.05, 3.63) is 52.1 Å². The summed E-state index contributed by atoms with van der Waals surface area (Å²) in [5.41, 5.74) is -0.00102. The Balaban J connectivity index is 1.12. The third kappa shape index (κ3) is 9.67. The normalized spacial score (nSPS) is 20.7. The van der Waals surface area contributed by atoms with E-state index in [0.717, 1.165) is 43.4 Å². The second-order valence-electron chi connectivity index (χ2n) is 16.9. The van der Waals surface area contributed by atoms with Crippen molar-refractivity contribution in [2.75, 3.05) is 31.5 Å². The van der Waals surface area contributed by atoms with Gasteiger partial charge in [0.15, 0.2) is 0 Å². The number of benzene rings is 1. The van der Waals surface area contributed by atoms with Crippen molar-refractivity contribution in [3.63, 3.8) is 0 Å². The molecule has 15 nitrogen and oxygen atoms in total. The third-order valence-electron chi connectivity index (χ3n) is 10.2. The van der Waals surface area contributed by atoms with Crippen LogP contribution < -0.4 is 21.6 Å². The zero-order valence-electron chi connectivity index (χ0n) is 32.3. The highest BCUT2D eigenvalue weighted by Gasteiger charge is 2.46. The molecule has 3 atom stereocenters. The fourth-order valence-electron chi connectivity index (χ4n) is 7.92. The molecular formula is C38H56N8O7. The van der Waals surface area contributed by atoms with Gasteiger partial charge in [-0.25, -0.2) is 19.2 Å². The smallest absolute Gasteiger partial charge is 0.408 e. The maximum absolute atomic E-state index is 13.4. The molecule has 1 unspecified atom stereocenters. The molecule has 2 aromatic rings. The van der Waals surface area contributed by atoms with Crippen LogP contribution in [0.5, 0.6) is 0 Å². The van der Waals surface area contributed by atoms with Gasteiger partial charge in [-0.05, 0) is 123 Å². The molecule has 0 radical (unpaired) electrons. The summed E-state index contributed by atoms with van der Waals surface area (Å²) in [7, 11) is 0. The average molecular weight is 737 g/mol. The molecule has 1 aromatic carbocycles. The lowest BCUT2D eigenvalue weighted by atomic mass is 9.87. The van der Waals surface area contributed by atoms with Crippen LogP contribution in [0.25, 0.3) is 5.69 Å². The summed E-state index contributed by atoms with van der Waals surface area (Å²) in [5.74, 6) is -0.201. The number of hydrogen-bond donors (Lipinski definition) is 4. The lowest BCUT2D eigenvalue weighted by molar-refractivity contribution is -0.145. The van der Waals surface area contributed by atoms with Gasteiger partial charge in [0.1, 0.15) is 17.0 Å². The van der Waals surface area contributed by atoms with E-state index < -0.39 is 34.5 Å². The van der Waals surface area contributed by atoms with Crippen molar-refractivity contribution >= 4 is 29.9 Å². The summed E-state index contributed by atoms with van der Waals surface area (Å²) in [6.07, 6.45) is 5.56. The number of carbonyl (C=O) groups excluding carboxylic acids is 3. The van der Waals surface area contributed by atoms with Gasteiger partial charge in [0, 0.05) is 56.0 Å². The number of ether oxygens (including phenoxy) is 1. The summed E-state index contributed by atoms with van der Waals surface area (Å²) < 4.78 is 6.87. The van der Waals surface area contributed by atoms with Gasteiger partial charge in [-0.2, -0.15) is 4.98 Å². The Bertz CT molecular complexity index is 1750. The first-order chi connectivity index (χ1) is 24.7. The Labute approximate surface area is 311 Å². The van der Waals surface area contributed by atoms with Crippen molar-refractivity contribution in [3.8, 4) is 5.69 Å². The Morgan fingerprint density at radius 3 is 2.15 bits per heavy atom. The number of aryl methyl sites for hydroxylation is 1. The van der Waals surface area contributed by atoms with Crippen molar-refractivity contribution in [1.29, 1.82) is 0 Å². The molecule has 2 heterocycles. The molecule has 5 rings (SSSR count). The van der Waals surface area contributed by atoms with E-state index in [2.05, 4.69) is 27.0 Å².